The topological polar surface area (TPSA) is 237 Å². The number of hydrogen-bond acceptors (Lipinski definition) is 15. The van der Waals surface area contributed by atoms with Crippen LogP contribution < -0.4 is 11.5 Å². The quantitative estimate of drug-likeness (QED) is 0.173. The summed E-state index contributed by atoms with van der Waals surface area (Å²) in [5.41, 5.74) is 14.0. The van der Waals surface area contributed by atoms with E-state index in [-0.39, 0.29) is 31.5 Å². The number of aliphatic hydroxyl groups is 3. The zero-order valence-electron chi connectivity index (χ0n) is 26.2. The number of rotatable bonds is 4. The Bertz CT molecular complexity index is 1840. The van der Waals surface area contributed by atoms with Gasteiger partial charge in [0.1, 0.15) is 48.1 Å². The van der Waals surface area contributed by atoms with Gasteiger partial charge >= 0.3 is 0 Å². The van der Waals surface area contributed by atoms with Crippen LogP contribution in [-0.4, -0.2) is 125 Å². The molecular formula is C30H36F2N10O7. The van der Waals surface area contributed by atoms with Crippen LogP contribution in [0, 0.1) is 0 Å². The van der Waals surface area contributed by atoms with Crippen LogP contribution >= 0.6 is 0 Å². The fraction of sp³-hybridized carbons (Fsp3) is 0.467. The molecule has 3 aliphatic rings. The van der Waals surface area contributed by atoms with Gasteiger partial charge in [0.05, 0.1) is 51.2 Å². The first-order chi connectivity index (χ1) is 23.9. The first kappa shape index (κ1) is 34.4. The van der Waals surface area contributed by atoms with Gasteiger partial charge in [-0.05, 0) is 0 Å². The summed E-state index contributed by atoms with van der Waals surface area (Å²) in [4.78, 5) is 24.2. The summed E-state index contributed by atoms with van der Waals surface area (Å²) in [7, 11) is 1.00. The minimum Gasteiger partial charge on any atom is -0.400 e. The number of anilines is 2. The molecule has 7 heterocycles. The highest BCUT2D eigenvalue weighted by Gasteiger charge is 2.47. The molecule has 0 radical (unpaired) electrons. The minimum absolute atomic E-state index is 0.00117. The number of alkyl halides is 2. The molecule has 0 saturated carbocycles. The van der Waals surface area contributed by atoms with E-state index in [9.17, 15) is 9.50 Å². The third kappa shape index (κ3) is 6.61. The number of nitrogens with zero attached hydrogens (tertiary/aromatic N) is 8. The largest absolute Gasteiger partial charge is 0.400 e. The highest BCUT2D eigenvalue weighted by molar-refractivity contribution is 5.81. The van der Waals surface area contributed by atoms with Crippen LogP contribution in [0.5, 0.6) is 0 Å². The van der Waals surface area contributed by atoms with Crippen molar-refractivity contribution in [1.82, 2.24) is 39.0 Å². The number of imidazole rings is 2. The smallest absolute Gasteiger partial charge is 0.184 e. The van der Waals surface area contributed by atoms with Crippen LogP contribution in [0.3, 0.4) is 0 Å². The molecule has 1 aromatic carbocycles. The second-order valence-electron chi connectivity index (χ2n) is 11.3. The highest BCUT2D eigenvalue weighted by atomic mass is 19.1. The lowest BCUT2D eigenvalue weighted by atomic mass is 9.98. The van der Waals surface area contributed by atoms with Gasteiger partial charge in [-0.2, -0.15) is 0 Å². The number of aromatic nitrogens is 8. The molecule has 0 spiro atoms. The fourth-order valence-corrected chi connectivity index (χ4v) is 5.99. The van der Waals surface area contributed by atoms with Gasteiger partial charge in [-0.3, -0.25) is 0 Å². The van der Waals surface area contributed by atoms with Crippen molar-refractivity contribution in [1.29, 1.82) is 0 Å². The summed E-state index contributed by atoms with van der Waals surface area (Å²) in [5, 5.41) is 25.8. The number of ether oxygens (including phenoxy) is 4. The molecule has 4 aromatic heterocycles. The van der Waals surface area contributed by atoms with Gasteiger partial charge in [-0.1, -0.05) is 30.3 Å². The molecule has 19 heteroatoms. The third-order valence-corrected chi connectivity index (χ3v) is 8.52. The van der Waals surface area contributed by atoms with Crippen LogP contribution in [0.4, 0.5) is 20.4 Å². The van der Waals surface area contributed by atoms with Crippen molar-refractivity contribution >= 4 is 34.0 Å². The number of nitrogen functional groups attached to an aromatic ring is 2. The van der Waals surface area contributed by atoms with Gasteiger partial charge < -0.3 is 54.9 Å². The number of hydrogen-bond donors (Lipinski definition) is 5. The van der Waals surface area contributed by atoms with Crippen LogP contribution in [-0.2, 0) is 18.9 Å². The summed E-state index contributed by atoms with van der Waals surface area (Å²) >= 11 is 0. The zero-order chi connectivity index (χ0) is 34.7. The third-order valence-electron chi connectivity index (χ3n) is 8.52. The predicted molar refractivity (Wildman–Crippen MR) is 168 cm³/mol. The Morgan fingerprint density at radius 1 is 0.776 bits per heavy atom. The molecule has 49 heavy (non-hydrogen) atoms. The summed E-state index contributed by atoms with van der Waals surface area (Å²) in [5.74, 6) is 0.463. The first-order valence-electron chi connectivity index (χ1n) is 15.3. The number of fused-ring (bicyclic) bond motifs is 3. The Hall–Kier alpha value is -4.50. The molecule has 5 aromatic rings. The van der Waals surface area contributed by atoms with E-state index in [2.05, 4.69) is 29.9 Å². The number of benzene rings is 1. The van der Waals surface area contributed by atoms with E-state index in [4.69, 9.17) is 40.6 Å². The molecule has 1 unspecified atom stereocenters. The monoisotopic (exact) mass is 686 g/mol. The minimum atomic E-state index is -1.60. The molecule has 3 fully saturated rings. The molecule has 3 aliphatic heterocycles. The van der Waals surface area contributed by atoms with Crippen molar-refractivity contribution in [3.8, 4) is 0 Å². The van der Waals surface area contributed by atoms with Gasteiger partial charge in [0.25, 0.3) is 0 Å². The molecular weight excluding hydrogens is 650 g/mol. The number of halogens is 2. The fourth-order valence-electron chi connectivity index (χ4n) is 5.99. The van der Waals surface area contributed by atoms with E-state index in [1.807, 2.05) is 30.3 Å². The number of nitrogens with two attached hydrogens (primary N) is 2. The highest BCUT2D eigenvalue weighted by Crippen LogP contribution is 2.38. The normalized spacial score (nSPS) is 29.7. The Balaban J connectivity index is 0.000000169. The summed E-state index contributed by atoms with van der Waals surface area (Å²) in [6.45, 7) is 0.00447. The van der Waals surface area contributed by atoms with Crippen molar-refractivity contribution in [2.45, 2.75) is 55.1 Å². The number of aliphatic hydroxyl groups excluding tert-OH is 3. The van der Waals surface area contributed by atoms with Crippen molar-refractivity contribution in [2.24, 2.45) is 0 Å². The van der Waals surface area contributed by atoms with Gasteiger partial charge in [0, 0.05) is 12.7 Å². The summed E-state index contributed by atoms with van der Waals surface area (Å²) in [6.07, 6.45) is -1.55. The van der Waals surface area contributed by atoms with Crippen molar-refractivity contribution in [2.75, 3.05) is 45.0 Å². The van der Waals surface area contributed by atoms with Gasteiger partial charge in [-0.15, -0.1) is 0 Å². The molecule has 9 atom stereocenters. The average Bonchev–Trinajstić information content (AvgIpc) is 3.78. The lowest BCUT2D eigenvalue weighted by Gasteiger charge is -2.44. The molecule has 7 N–H and O–H groups in total. The van der Waals surface area contributed by atoms with Crippen LogP contribution in [0.15, 0.2) is 55.6 Å². The van der Waals surface area contributed by atoms with Crippen molar-refractivity contribution < 1.29 is 43.0 Å². The zero-order valence-corrected chi connectivity index (χ0v) is 26.2. The molecule has 17 nitrogen and oxygen atoms in total. The van der Waals surface area contributed by atoms with E-state index in [1.54, 1.807) is 4.57 Å². The van der Waals surface area contributed by atoms with Crippen LogP contribution in [0.1, 0.15) is 23.9 Å². The van der Waals surface area contributed by atoms with Crippen molar-refractivity contribution in [3.63, 3.8) is 0 Å². The summed E-state index contributed by atoms with van der Waals surface area (Å²) in [6, 6.07) is 8.06. The molecule has 3 saturated heterocycles. The van der Waals surface area contributed by atoms with Gasteiger partial charge in [0.15, 0.2) is 41.6 Å². The Labute approximate surface area is 277 Å². The first-order valence-corrected chi connectivity index (χ1v) is 15.3. The average molecular weight is 687 g/mol. The second kappa shape index (κ2) is 14.9. The van der Waals surface area contributed by atoms with E-state index >= 15 is 4.39 Å². The van der Waals surface area contributed by atoms with Crippen LogP contribution in [0.2, 0.25) is 0 Å². The standard InChI is InChI=1S/C18H18FN5O3.C11H14FN5O3.CH4O/c19-13-11(24-9-23-14-16(20)21-8-22-17(14)24)6-25-12-7-26-18(27-15(12)13)10-4-2-1-3-5-10;12-7-5(2-20-6(1-18)9(7)19)17-4-16-8-10(13)14-3-15-11(8)17;1-2/h1-5,8-9,11-13,15,18H,6-7H2,(H2,20,21,22);3-7,9,18-19H,1-2H2,(H2,13,14,15);2H,1H3/t11-,12-,13+,15-,18?;5-,6-,7+,9-;/m11./s1. The van der Waals surface area contributed by atoms with E-state index in [0.29, 0.717) is 22.3 Å². The SMILES string of the molecule is CO.Nc1ncnc2c1ncn2[C@@H]1CO[C@@H]2COC(c3ccccc3)O[C@H]2[C@H]1F.Nc1ncnc2c1ncn2[C@@H]1CO[C@H](CO)[C@@H](O)[C@H]1F. The van der Waals surface area contributed by atoms with E-state index in [0.717, 1.165) is 12.7 Å². The van der Waals surface area contributed by atoms with E-state index < -0.39 is 61.7 Å². The van der Waals surface area contributed by atoms with Crippen molar-refractivity contribution in [3.05, 3.63) is 61.2 Å². The van der Waals surface area contributed by atoms with Crippen LogP contribution in [0.25, 0.3) is 22.3 Å². The molecule has 0 bridgehead atoms. The maximum absolute atomic E-state index is 15.5. The molecule has 0 amide bonds. The maximum Gasteiger partial charge on any atom is 0.184 e. The Morgan fingerprint density at radius 3 is 1.94 bits per heavy atom. The molecule has 8 rings (SSSR count). The predicted octanol–water partition coefficient (Wildman–Crippen LogP) is 0.449. The second-order valence-corrected chi connectivity index (χ2v) is 11.3. The lowest BCUT2D eigenvalue weighted by Crippen LogP contribution is -2.54. The Kier molecular flexibility index (Phi) is 10.5. The molecule has 262 valence electrons. The summed E-state index contributed by atoms with van der Waals surface area (Å²) < 4.78 is 55.7. The van der Waals surface area contributed by atoms with E-state index in [1.165, 1.54) is 29.9 Å². The lowest BCUT2D eigenvalue weighted by molar-refractivity contribution is -0.298. The maximum atomic E-state index is 15.5. The molecule has 0 aliphatic carbocycles. The Morgan fingerprint density at radius 2 is 1.35 bits per heavy atom. The van der Waals surface area contributed by atoms with Gasteiger partial charge in [0.2, 0.25) is 0 Å². The van der Waals surface area contributed by atoms with Gasteiger partial charge in [-0.25, -0.2) is 38.7 Å².